The molecule has 24 heavy (non-hydrogen) atoms. The third-order valence-electron chi connectivity index (χ3n) is 3.88. The SMILES string of the molecule is O=C(c1cccs1)N1CCOC[C@@H]1c1nc(-c2ccccc2)no1. The smallest absolute Gasteiger partial charge is 0.264 e. The Labute approximate surface area is 142 Å². The minimum absolute atomic E-state index is 0.0299. The van der Waals surface area contributed by atoms with Gasteiger partial charge in [0.25, 0.3) is 11.8 Å². The third kappa shape index (κ3) is 2.83. The van der Waals surface area contributed by atoms with Crippen LogP contribution >= 0.6 is 11.3 Å². The summed E-state index contributed by atoms with van der Waals surface area (Å²) in [5, 5.41) is 5.93. The number of rotatable bonds is 3. The third-order valence-corrected chi connectivity index (χ3v) is 4.74. The van der Waals surface area contributed by atoms with Gasteiger partial charge in [-0.2, -0.15) is 4.98 Å². The second-order valence-corrected chi connectivity index (χ2v) is 6.34. The van der Waals surface area contributed by atoms with E-state index in [1.807, 2.05) is 47.8 Å². The molecule has 4 rings (SSSR count). The Kier molecular flexibility index (Phi) is 4.10. The maximum absolute atomic E-state index is 12.7. The van der Waals surface area contributed by atoms with Gasteiger partial charge >= 0.3 is 0 Å². The molecule has 2 aromatic heterocycles. The highest BCUT2D eigenvalue weighted by Gasteiger charge is 2.33. The Morgan fingerprint density at radius 3 is 2.88 bits per heavy atom. The Bertz CT molecular complexity index is 817. The van der Waals surface area contributed by atoms with Crippen molar-refractivity contribution in [3.63, 3.8) is 0 Å². The van der Waals surface area contributed by atoms with E-state index in [0.29, 0.717) is 36.4 Å². The van der Waals surface area contributed by atoms with Gasteiger partial charge in [-0.25, -0.2) is 0 Å². The van der Waals surface area contributed by atoms with Crippen LogP contribution in [0.2, 0.25) is 0 Å². The summed E-state index contributed by atoms with van der Waals surface area (Å²) in [6.45, 7) is 1.37. The second kappa shape index (κ2) is 6.54. The first kappa shape index (κ1) is 15.0. The molecule has 1 aromatic carbocycles. The highest BCUT2D eigenvalue weighted by Crippen LogP contribution is 2.27. The number of hydrogen-bond acceptors (Lipinski definition) is 6. The lowest BCUT2D eigenvalue weighted by molar-refractivity contribution is -0.0116. The van der Waals surface area contributed by atoms with Crippen molar-refractivity contribution in [1.82, 2.24) is 15.0 Å². The number of amides is 1. The summed E-state index contributed by atoms with van der Waals surface area (Å²) < 4.78 is 11.0. The van der Waals surface area contributed by atoms with E-state index < -0.39 is 0 Å². The molecule has 3 aromatic rings. The summed E-state index contributed by atoms with van der Waals surface area (Å²) in [6, 6.07) is 12.9. The molecule has 1 fully saturated rings. The molecule has 1 aliphatic rings. The van der Waals surface area contributed by atoms with Crippen LogP contribution in [0.15, 0.2) is 52.4 Å². The highest BCUT2D eigenvalue weighted by atomic mass is 32.1. The van der Waals surface area contributed by atoms with E-state index in [1.54, 1.807) is 4.90 Å². The van der Waals surface area contributed by atoms with Gasteiger partial charge in [0.1, 0.15) is 6.04 Å². The molecular formula is C17H15N3O3S. The van der Waals surface area contributed by atoms with Gasteiger partial charge in [-0.05, 0) is 11.4 Å². The molecule has 122 valence electrons. The van der Waals surface area contributed by atoms with Gasteiger partial charge in [0.05, 0.1) is 18.1 Å². The Hall–Kier alpha value is -2.51. The number of nitrogens with zero attached hydrogens (tertiary/aromatic N) is 3. The number of hydrogen-bond donors (Lipinski definition) is 0. The molecule has 0 radical (unpaired) electrons. The predicted molar refractivity (Wildman–Crippen MR) is 88.6 cm³/mol. The number of thiophene rings is 1. The lowest BCUT2D eigenvalue weighted by atomic mass is 10.2. The number of carbonyl (C=O) groups is 1. The summed E-state index contributed by atoms with van der Waals surface area (Å²) in [5.74, 6) is 0.885. The zero-order valence-electron chi connectivity index (χ0n) is 12.8. The molecular weight excluding hydrogens is 326 g/mol. The topological polar surface area (TPSA) is 68.5 Å². The van der Waals surface area contributed by atoms with E-state index >= 15 is 0 Å². The fourth-order valence-electron chi connectivity index (χ4n) is 2.67. The Morgan fingerprint density at radius 1 is 1.21 bits per heavy atom. The molecule has 0 spiro atoms. The first-order valence-electron chi connectivity index (χ1n) is 7.64. The van der Waals surface area contributed by atoms with Gasteiger partial charge in [-0.3, -0.25) is 4.79 Å². The van der Waals surface area contributed by atoms with Crippen molar-refractivity contribution in [2.75, 3.05) is 19.8 Å². The minimum Gasteiger partial charge on any atom is -0.377 e. The predicted octanol–water partition coefficient (Wildman–Crippen LogP) is 3.01. The van der Waals surface area contributed by atoms with Crippen molar-refractivity contribution in [1.29, 1.82) is 0 Å². The van der Waals surface area contributed by atoms with Gasteiger partial charge in [0, 0.05) is 12.1 Å². The molecule has 0 unspecified atom stereocenters. The Balaban J connectivity index is 1.62. The van der Waals surface area contributed by atoms with Crippen LogP contribution in [0.3, 0.4) is 0 Å². The molecule has 0 N–H and O–H groups in total. The monoisotopic (exact) mass is 341 g/mol. The summed E-state index contributed by atoms with van der Waals surface area (Å²) in [7, 11) is 0. The fraction of sp³-hybridized carbons (Fsp3) is 0.235. The molecule has 1 aliphatic heterocycles. The van der Waals surface area contributed by atoms with E-state index in [4.69, 9.17) is 9.26 Å². The van der Waals surface area contributed by atoms with E-state index in [9.17, 15) is 4.79 Å². The molecule has 0 saturated carbocycles. The summed E-state index contributed by atoms with van der Waals surface area (Å²) in [4.78, 5) is 19.6. The largest absolute Gasteiger partial charge is 0.377 e. The van der Waals surface area contributed by atoms with Crippen molar-refractivity contribution in [2.24, 2.45) is 0 Å². The van der Waals surface area contributed by atoms with Gasteiger partial charge in [0.2, 0.25) is 5.82 Å². The minimum atomic E-state index is -0.363. The van der Waals surface area contributed by atoms with Crippen molar-refractivity contribution >= 4 is 17.2 Å². The van der Waals surface area contributed by atoms with E-state index in [1.165, 1.54) is 11.3 Å². The Morgan fingerprint density at radius 2 is 2.08 bits per heavy atom. The van der Waals surface area contributed by atoms with Crippen molar-refractivity contribution in [2.45, 2.75) is 6.04 Å². The normalized spacial score (nSPS) is 17.8. The van der Waals surface area contributed by atoms with Crippen LogP contribution in [0.25, 0.3) is 11.4 Å². The number of carbonyl (C=O) groups excluding carboxylic acids is 1. The second-order valence-electron chi connectivity index (χ2n) is 5.39. The summed E-state index contributed by atoms with van der Waals surface area (Å²) in [6.07, 6.45) is 0. The van der Waals surface area contributed by atoms with Gasteiger partial charge in [-0.15, -0.1) is 11.3 Å². The molecule has 0 aliphatic carbocycles. The highest BCUT2D eigenvalue weighted by molar-refractivity contribution is 7.12. The standard InChI is InChI=1S/C17H15N3O3S/c21-17(14-7-4-10-24-14)20-8-9-22-11-13(20)16-18-15(19-23-16)12-5-2-1-3-6-12/h1-7,10,13H,8-9,11H2/t13-/m1/s1. The van der Waals surface area contributed by atoms with Crippen molar-refractivity contribution in [3.05, 3.63) is 58.6 Å². The maximum atomic E-state index is 12.7. The maximum Gasteiger partial charge on any atom is 0.264 e. The van der Waals surface area contributed by atoms with Crippen LogP contribution in [0, 0.1) is 0 Å². The van der Waals surface area contributed by atoms with Crippen LogP contribution in [-0.2, 0) is 4.74 Å². The van der Waals surface area contributed by atoms with Crippen LogP contribution in [0.4, 0.5) is 0 Å². The van der Waals surface area contributed by atoms with Crippen LogP contribution < -0.4 is 0 Å². The average molecular weight is 341 g/mol. The average Bonchev–Trinajstić information content (AvgIpc) is 3.34. The lowest BCUT2D eigenvalue weighted by Gasteiger charge is -2.32. The van der Waals surface area contributed by atoms with Gasteiger partial charge in [-0.1, -0.05) is 41.6 Å². The van der Waals surface area contributed by atoms with E-state index in [0.717, 1.165) is 5.56 Å². The molecule has 0 bridgehead atoms. The molecule has 6 nitrogen and oxygen atoms in total. The molecule has 7 heteroatoms. The van der Waals surface area contributed by atoms with Crippen LogP contribution in [0.5, 0.6) is 0 Å². The van der Waals surface area contributed by atoms with Gasteiger partial charge in [0.15, 0.2) is 0 Å². The first-order chi connectivity index (χ1) is 11.8. The van der Waals surface area contributed by atoms with Crippen molar-refractivity contribution < 1.29 is 14.1 Å². The van der Waals surface area contributed by atoms with Crippen molar-refractivity contribution in [3.8, 4) is 11.4 Å². The van der Waals surface area contributed by atoms with Gasteiger partial charge < -0.3 is 14.2 Å². The van der Waals surface area contributed by atoms with E-state index in [-0.39, 0.29) is 11.9 Å². The molecule has 1 saturated heterocycles. The summed E-state index contributed by atoms with van der Waals surface area (Å²) in [5.41, 5.74) is 0.875. The van der Waals surface area contributed by atoms with Crippen LogP contribution in [0.1, 0.15) is 21.6 Å². The lowest BCUT2D eigenvalue weighted by Crippen LogP contribution is -2.43. The zero-order valence-corrected chi connectivity index (χ0v) is 13.6. The van der Waals surface area contributed by atoms with Crippen LogP contribution in [-0.4, -0.2) is 40.7 Å². The molecule has 3 heterocycles. The molecule has 1 atom stereocenters. The molecule has 1 amide bonds. The van der Waals surface area contributed by atoms with E-state index in [2.05, 4.69) is 10.1 Å². The number of morpholine rings is 1. The quantitative estimate of drug-likeness (QED) is 0.732. The first-order valence-corrected chi connectivity index (χ1v) is 8.52. The number of aromatic nitrogens is 2. The number of benzene rings is 1. The zero-order chi connectivity index (χ0) is 16.4. The number of ether oxygens (including phenoxy) is 1. The summed E-state index contributed by atoms with van der Waals surface area (Å²) >= 11 is 1.43. The fourth-order valence-corrected chi connectivity index (χ4v) is 3.35.